The second kappa shape index (κ2) is 10.6. The third kappa shape index (κ3) is 6.21. The van der Waals surface area contributed by atoms with Gasteiger partial charge < -0.3 is 10.1 Å². The molecule has 0 bridgehead atoms. The molecule has 1 aliphatic rings. The molecule has 3 aromatic carbocycles. The Hall–Kier alpha value is -3.16. The molecular weight excluding hydrogens is 436 g/mol. The van der Waals surface area contributed by atoms with Crippen LogP contribution in [0.5, 0.6) is 5.75 Å². The second-order valence-electron chi connectivity index (χ2n) is 8.10. The van der Waals surface area contributed by atoms with E-state index < -0.39 is 10.0 Å². The largest absolute Gasteiger partial charge is 0.484 e. The highest BCUT2D eigenvalue weighted by Gasteiger charge is 2.21. The first-order valence-corrected chi connectivity index (χ1v) is 12.6. The summed E-state index contributed by atoms with van der Waals surface area (Å²) < 4.78 is 33.2. The number of aryl methyl sites for hydroxylation is 1. The van der Waals surface area contributed by atoms with Crippen molar-refractivity contribution in [2.24, 2.45) is 0 Å². The van der Waals surface area contributed by atoms with Gasteiger partial charge in [-0.1, -0.05) is 54.6 Å². The Kier molecular flexibility index (Phi) is 7.42. The Morgan fingerprint density at radius 3 is 2.45 bits per heavy atom. The SMILES string of the molecule is O=C(COc1ccc(S(=O)(=O)NCCc2ccccc2)cc1)NC1CCCc2ccccc21. The van der Waals surface area contributed by atoms with Crippen molar-refractivity contribution in [3.8, 4) is 5.75 Å². The molecule has 0 spiro atoms. The monoisotopic (exact) mass is 464 g/mol. The van der Waals surface area contributed by atoms with Crippen molar-refractivity contribution in [2.45, 2.75) is 36.6 Å². The normalized spacial score (nSPS) is 15.5. The van der Waals surface area contributed by atoms with Crippen LogP contribution in [0.15, 0.2) is 83.8 Å². The number of nitrogens with one attached hydrogen (secondary N) is 2. The number of carbonyl (C=O) groups excluding carboxylic acids is 1. The average molecular weight is 465 g/mol. The maximum absolute atomic E-state index is 12.5. The van der Waals surface area contributed by atoms with Crippen LogP contribution in [-0.2, 0) is 27.7 Å². The summed E-state index contributed by atoms with van der Waals surface area (Å²) in [5.41, 5.74) is 3.52. The van der Waals surface area contributed by atoms with Crippen LogP contribution in [0.1, 0.15) is 35.6 Å². The Bertz CT molecular complexity index is 1180. The molecule has 7 heteroatoms. The van der Waals surface area contributed by atoms with E-state index in [9.17, 15) is 13.2 Å². The lowest BCUT2D eigenvalue weighted by Crippen LogP contribution is -2.34. The molecule has 0 aliphatic heterocycles. The molecule has 3 aromatic rings. The van der Waals surface area contributed by atoms with Gasteiger partial charge in [-0.15, -0.1) is 0 Å². The van der Waals surface area contributed by atoms with Gasteiger partial charge in [-0.3, -0.25) is 4.79 Å². The standard InChI is InChI=1S/C26H28N2O4S/c29-26(28-25-12-6-10-21-9-4-5-11-24(21)25)19-32-22-13-15-23(16-14-22)33(30,31)27-18-17-20-7-2-1-3-8-20/h1-5,7-9,11,13-16,25,27H,6,10,12,17-19H2,(H,28,29). The van der Waals surface area contributed by atoms with E-state index >= 15 is 0 Å². The van der Waals surface area contributed by atoms with Crippen molar-refractivity contribution in [3.05, 3.63) is 95.6 Å². The maximum Gasteiger partial charge on any atom is 0.258 e. The Labute approximate surface area is 195 Å². The summed E-state index contributed by atoms with van der Waals surface area (Å²) in [6.07, 6.45) is 3.60. The molecule has 4 rings (SSSR count). The van der Waals surface area contributed by atoms with Gasteiger partial charge in [-0.05, 0) is 66.6 Å². The predicted molar refractivity (Wildman–Crippen MR) is 128 cm³/mol. The highest BCUT2D eigenvalue weighted by Crippen LogP contribution is 2.29. The first kappa shape index (κ1) is 23.0. The van der Waals surface area contributed by atoms with Gasteiger partial charge in [-0.25, -0.2) is 13.1 Å². The lowest BCUT2D eigenvalue weighted by Gasteiger charge is -2.26. The van der Waals surface area contributed by atoms with E-state index in [1.54, 1.807) is 12.1 Å². The number of benzene rings is 3. The van der Waals surface area contributed by atoms with Crippen molar-refractivity contribution in [3.63, 3.8) is 0 Å². The highest BCUT2D eigenvalue weighted by molar-refractivity contribution is 7.89. The van der Waals surface area contributed by atoms with Crippen LogP contribution in [0.25, 0.3) is 0 Å². The zero-order valence-electron chi connectivity index (χ0n) is 18.4. The van der Waals surface area contributed by atoms with Crippen LogP contribution in [-0.4, -0.2) is 27.5 Å². The Morgan fingerprint density at radius 1 is 0.939 bits per heavy atom. The molecule has 172 valence electrons. The van der Waals surface area contributed by atoms with Gasteiger partial charge in [0.2, 0.25) is 10.0 Å². The number of sulfonamides is 1. The molecule has 1 aliphatic carbocycles. The van der Waals surface area contributed by atoms with E-state index in [4.69, 9.17) is 4.74 Å². The van der Waals surface area contributed by atoms with Gasteiger partial charge in [0.25, 0.3) is 5.91 Å². The minimum atomic E-state index is -3.61. The molecule has 0 aromatic heterocycles. The Balaban J connectivity index is 1.26. The molecule has 1 atom stereocenters. The molecule has 1 unspecified atom stereocenters. The minimum absolute atomic E-state index is 0.000490. The van der Waals surface area contributed by atoms with Crippen LogP contribution in [0, 0.1) is 0 Å². The first-order chi connectivity index (χ1) is 16.0. The van der Waals surface area contributed by atoms with Crippen molar-refractivity contribution in [1.29, 1.82) is 0 Å². The molecule has 6 nitrogen and oxygen atoms in total. The van der Waals surface area contributed by atoms with Gasteiger partial charge >= 0.3 is 0 Å². The molecule has 0 saturated carbocycles. The average Bonchev–Trinajstić information content (AvgIpc) is 2.84. The second-order valence-corrected chi connectivity index (χ2v) is 9.87. The van der Waals surface area contributed by atoms with Crippen molar-refractivity contribution in [1.82, 2.24) is 10.0 Å². The van der Waals surface area contributed by atoms with E-state index in [2.05, 4.69) is 22.2 Å². The van der Waals surface area contributed by atoms with Gasteiger partial charge in [0, 0.05) is 6.54 Å². The van der Waals surface area contributed by atoms with E-state index in [-0.39, 0.29) is 23.5 Å². The summed E-state index contributed by atoms with van der Waals surface area (Å²) in [4.78, 5) is 12.6. The topological polar surface area (TPSA) is 84.5 Å². The molecule has 0 radical (unpaired) electrons. The lowest BCUT2D eigenvalue weighted by atomic mass is 9.88. The molecule has 33 heavy (non-hydrogen) atoms. The smallest absolute Gasteiger partial charge is 0.258 e. The molecule has 0 saturated heterocycles. The first-order valence-electron chi connectivity index (χ1n) is 11.1. The quantitative estimate of drug-likeness (QED) is 0.505. The fraction of sp³-hybridized carbons (Fsp3) is 0.269. The summed E-state index contributed by atoms with van der Waals surface area (Å²) in [6.45, 7) is 0.190. The Morgan fingerprint density at radius 2 is 1.67 bits per heavy atom. The van der Waals surface area contributed by atoms with Crippen LogP contribution in [0.4, 0.5) is 0 Å². The fourth-order valence-electron chi connectivity index (χ4n) is 4.06. The number of ether oxygens (including phenoxy) is 1. The van der Waals surface area contributed by atoms with E-state index in [1.807, 2.05) is 42.5 Å². The molecule has 0 fully saturated rings. The van der Waals surface area contributed by atoms with E-state index in [1.165, 1.54) is 23.3 Å². The number of amides is 1. The number of hydrogen-bond donors (Lipinski definition) is 2. The molecule has 0 heterocycles. The van der Waals surface area contributed by atoms with Crippen molar-refractivity contribution < 1.29 is 17.9 Å². The zero-order valence-corrected chi connectivity index (χ0v) is 19.2. The highest BCUT2D eigenvalue weighted by atomic mass is 32.2. The molecule has 1 amide bonds. The van der Waals surface area contributed by atoms with Crippen LogP contribution < -0.4 is 14.8 Å². The van der Waals surface area contributed by atoms with Crippen LogP contribution in [0.3, 0.4) is 0 Å². The number of fused-ring (bicyclic) bond motifs is 1. The maximum atomic E-state index is 12.5. The van der Waals surface area contributed by atoms with Crippen LogP contribution in [0.2, 0.25) is 0 Å². The van der Waals surface area contributed by atoms with Gasteiger partial charge in [0.05, 0.1) is 10.9 Å². The van der Waals surface area contributed by atoms with E-state index in [0.29, 0.717) is 18.7 Å². The van der Waals surface area contributed by atoms with Gasteiger partial charge in [0.1, 0.15) is 5.75 Å². The van der Waals surface area contributed by atoms with Gasteiger partial charge in [0.15, 0.2) is 6.61 Å². The summed E-state index contributed by atoms with van der Waals surface area (Å²) in [7, 11) is -3.61. The third-order valence-corrected chi connectivity index (χ3v) is 7.23. The van der Waals surface area contributed by atoms with Gasteiger partial charge in [-0.2, -0.15) is 0 Å². The van der Waals surface area contributed by atoms with Crippen molar-refractivity contribution >= 4 is 15.9 Å². The van der Waals surface area contributed by atoms with Crippen molar-refractivity contribution in [2.75, 3.05) is 13.2 Å². The lowest BCUT2D eigenvalue weighted by molar-refractivity contribution is -0.124. The fourth-order valence-corrected chi connectivity index (χ4v) is 5.09. The third-order valence-electron chi connectivity index (χ3n) is 5.76. The molecular formula is C26H28N2O4S. The van der Waals surface area contributed by atoms with Crippen LogP contribution >= 0.6 is 0 Å². The summed E-state index contributed by atoms with van der Waals surface area (Å²) in [5, 5.41) is 3.05. The number of rotatable bonds is 9. The zero-order chi connectivity index (χ0) is 23.1. The summed E-state index contributed by atoms with van der Waals surface area (Å²) in [5.74, 6) is 0.244. The predicted octanol–water partition coefficient (Wildman–Crippen LogP) is 3.78. The number of hydrogen-bond acceptors (Lipinski definition) is 4. The molecule has 2 N–H and O–H groups in total. The summed E-state index contributed by atoms with van der Waals surface area (Å²) >= 11 is 0. The number of carbonyl (C=O) groups is 1. The minimum Gasteiger partial charge on any atom is -0.484 e. The summed E-state index contributed by atoms with van der Waals surface area (Å²) in [6, 6.07) is 24.0. The van der Waals surface area contributed by atoms with E-state index in [0.717, 1.165) is 24.8 Å².